The maximum absolute atomic E-state index is 11.7. The van der Waals surface area contributed by atoms with Crippen LogP contribution in [0.5, 0.6) is 0 Å². The van der Waals surface area contributed by atoms with Crippen molar-refractivity contribution in [2.24, 2.45) is 0 Å². The highest BCUT2D eigenvalue weighted by molar-refractivity contribution is 5.85. The summed E-state index contributed by atoms with van der Waals surface area (Å²) >= 11 is 0. The van der Waals surface area contributed by atoms with Crippen LogP contribution in [0.3, 0.4) is 0 Å². The van der Waals surface area contributed by atoms with Gasteiger partial charge in [-0.15, -0.1) is 0 Å². The number of rotatable bonds is 6. The van der Waals surface area contributed by atoms with E-state index in [1.165, 1.54) is 17.7 Å². The average molecular weight is 241 g/mol. The zero-order chi connectivity index (χ0) is 12.7. The highest BCUT2D eigenvalue weighted by Crippen LogP contribution is 2.17. The van der Waals surface area contributed by atoms with E-state index < -0.39 is 0 Å². The predicted octanol–water partition coefficient (Wildman–Crippen LogP) is 0.113. The van der Waals surface area contributed by atoms with Crippen LogP contribution in [0.4, 0.5) is 0 Å². The largest absolute Gasteiger partial charge is 0.355 e. The van der Waals surface area contributed by atoms with Crippen molar-refractivity contribution in [3.05, 3.63) is 0 Å². The number of nitrogens with zero attached hydrogens (tertiary/aromatic N) is 1. The molecule has 0 spiro atoms. The van der Waals surface area contributed by atoms with Gasteiger partial charge in [0.2, 0.25) is 11.8 Å². The fraction of sp³-hybridized carbons (Fsp3) is 0.833. The number of carbonyl (C=O) groups excluding carboxylic acids is 2. The Kier molecular flexibility index (Phi) is 5.97. The van der Waals surface area contributed by atoms with Gasteiger partial charge in [-0.1, -0.05) is 12.8 Å². The summed E-state index contributed by atoms with van der Waals surface area (Å²) < 4.78 is 0. The van der Waals surface area contributed by atoms with Gasteiger partial charge in [-0.3, -0.25) is 9.59 Å². The minimum absolute atomic E-state index is 0.0249. The fourth-order valence-electron chi connectivity index (χ4n) is 2.05. The first-order valence-corrected chi connectivity index (χ1v) is 6.37. The van der Waals surface area contributed by atoms with Crippen molar-refractivity contribution in [1.29, 1.82) is 0 Å². The summed E-state index contributed by atoms with van der Waals surface area (Å²) in [6, 6.07) is 0.483. The van der Waals surface area contributed by atoms with Gasteiger partial charge in [0.15, 0.2) is 0 Å². The van der Waals surface area contributed by atoms with Crippen LogP contribution >= 0.6 is 0 Å². The molecule has 2 amide bonds. The number of amides is 2. The smallest absolute Gasteiger partial charge is 0.239 e. The first-order valence-electron chi connectivity index (χ1n) is 6.37. The van der Waals surface area contributed by atoms with Crippen LogP contribution in [0.15, 0.2) is 0 Å². The molecule has 1 fully saturated rings. The maximum Gasteiger partial charge on any atom is 0.239 e. The standard InChI is InChI=1S/C12H23N3O2/c1-3-13-11(16)9-15(2)12(17)8-14-10-6-4-5-7-10/h10,14H,3-9H2,1-2H3,(H,13,16). The van der Waals surface area contributed by atoms with E-state index in [9.17, 15) is 9.59 Å². The predicted molar refractivity (Wildman–Crippen MR) is 66.6 cm³/mol. The Morgan fingerprint density at radius 1 is 1.29 bits per heavy atom. The second kappa shape index (κ2) is 7.27. The molecular formula is C12H23N3O2. The number of likely N-dealkylation sites (N-methyl/N-ethyl adjacent to an activating group) is 2. The molecule has 1 rings (SSSR count). The van der Waals surface area contributed by atoms with Crippen molar-refractivity contribution in [2.45, 2.75) is 38.6 Å². The summed E-state index contributed by atoms with van der Waals surface area (Å²) in [6.07, 6.45) is 4.82. The Bertz CT molecular complexity index is 262. The zero-order valence-corrected chi connectivity index (χ0v) is 10.8. The second-order valence-corrected chi connectivity index (χ2v) is 4.57. The lowest BCUT2D eigenvalue weighted by atomic mass is 10.2. The van der Waals surface area contributed by atoms with Crippen molar-refractivity contribution in [2.75, 3.05) is 26.7 Å². The molecule has 5 heteroatoms. The van der Waals surface area contributed by atoms with E-state index in [1.807, 2.05) is 6.92 Å². The molecule has 0 saturated heterocycles. The minimum Gasteiger partial charge on any atom is -0.355 e. The monoisotopic (exact) mass is 241 g/mol. The molecule has 0 atom stereocenters. The van der Waals surface area contributed by atoms with Crippen molar-refractivity contribution in [3.8, 4) is 0 Å². The van der Waals surface area contributed by atoms with Gasteiger partial charge in [0.1, 0.15) is 0 Å². The molecule has 0 aromatic carbocycles. The molecule has 0 unspecified atom stereocenters. The van der Waals surface area contributed by atoms with Crippen molar-refractivity contribution in [1.82, 2.24) is 15.5 Å². The molecule has 0 radical (unpaired) electrons. The van der Waals surface area contributed by atoms with E-state index in [0.29, 0.717) is 19.1 Å². The first-order chi connectivity index (χ1) is 8.13. The van der Waals surface area contributed by atoms with Gasteiger partial charge in [0, 0.05) is 19.6 Å². The van der Waals surface area contributed by atoms with Gasteiger partial charge < -0.3 is 15.5 Å². The quantitative estimate of drug-likeness (QED) is 0.694. The Balaban J connectivity index is 2.19. The Labute approximate surface area is 103 Å². The van der Waals surface area contributed by atoms with Crippen LogP contribution in [-0.2, 0) is 9.59 Å². The first kappa shape index (κ1) is 14.0. The molecule has 1 aliphatic rings. The molecule has 0 heterocycles. The van der Waals surface area contributed by atoms with E-state index in [4.69, 9.17) is 0 Å². The SMILES string of the molecule is CCNC(=O)CN(C)C(=O)CNC1CCCC1. The van der Waals surface area contributed by atoms with Gasteiger partial charge in [-0.2, -0.15) is 0 Å². The molecule has 0 aliphatic heterocycles. The fourth-order valence-corrected chi connectivity index (χ4v) is 2.05. The van der Waals surface area contributed by atoms with Crippen LogP contribution in [0.25, 0.3) is 0 Å². The summed E-state index contributed by atoms with van der Waals surface area (Å²) in [5, 5.41) is 5.92. The zero-order valence-electron chi connectivity index (χ0n) is 10.8. The van der Waals surface area contributed by atoms with Crippen LogP contribution in [0.2, 0.25) is 0 Å². The summed E-state index contributed by atoms with van der Waals surface area (Å²) in [5.41, 5.74) is 0. The maximum atomic E-state index is 11.7. The van der Waals surface area contributed by atoms with Gasteiger partial charge in [-0.25, -0.2) is 0 Å². The molecule has 2 N–H and O–H groups in total. The molecule has 1 aliphatic carbocycles. The molecule has 1 saturated carbocycles. The van der Waals surface area contributed by atoms with Gasteiger partial charge in [0.05, 0.1) is 13.1 Å². The molecule has 98 valence electrons. The molecule has 5 nitrogen and oxygen atoms in total. The highest BCUT2D eigenvalue weighted by atomic mass is 16.2. The van der Waals surface area contributed by atoms with E-state index in [-0.39, 0.29) is 18.4 Å². The van der Waals surface area contributed by atoms with E-state index >= 15 is 0 Å². The lowest BCUT2D eigenvalue weighted by Gasteiger charge is -2.18. The number of hydrogen-bond donors (Lipinski definition) is 2. The molecule has 17 heavy (non-hydrogen) atoms. The molecular weight excluding hydrogens is 218 g/mol. The third-order valence-corrected chi connectivity index (χ3v) is 3.08. The van der Waals surface area contributed by atoms with Crippen LogP contribution in [0.1, 0.15) is 32.6 Å². The molecule has 0 aromatic heterocycles. The van der Waals surface area contributed by atoms with Gasteiger partial charge >= 0.3 is 0 Å². The van der Waals surface area contributed by atoms with Crippen LogP contribution in [-0.4, -0.2) is 49.4 Å². The average Bonchev–Trinajstić information content (AvgIpc) is 2.78. The van der Waals surface area contributed by atoms with Crippen molar-refractivity contribution < 1.29 is 9.59 Å². The van der Waals surface area contributed by atoms with Crippen molar-refractivity contribution >= 4 is 11.8 Å². The number of carbonyl (C=O) groups is 2. The lowest BCUT2D eigenvalue weighted by Crippen LogP contribution is -2.43. The number of nitrogens with one attached hydrogen (secondary N) is 2. The molecule has 0 aromatic rings. The third-order valence-electron chi connectivity index (χ3n) is 3.08. The normalized spacial score (nSPS) is 15.9. The van der Waals surface area contributed by atoms with Crippen LogP contribution in [0, 0.1) is 0 Å². The highest BCUT2D eigenvalue weighted by Gasteiger charge is 2.17. The Morgan fingerprint density at radius 3 is 2.53 bits per heavy atom. The topological polar surface area (TPSA) is 61.4 Å². The second-order valence-electron chi connectivity index (χ2n) is 4.57. The van der Waals surface area contributed by atoms with Crippen LogP contribution < -0.4 is 10.6 Å². The Morgan fingerprint density at radius 2 is 1.94 bits per heavy atom. The molecule has 0 bridgehead atoms. The lowest BCUT2D eigenvalue weighted by molar-refractivity contribution is -0.134. The summed E-state index contributed by atoms with van der Waals surface area (Å²) in [7, 11) is 1.66. The summed E-state index contributed by atoms with van der Waals surface area (Å²) in [5.74, 6) is -0.132. The van der Waals surface area contributed by atoms with Crippen molar-refractivity contribution in [3.63, 3.8) is 0 Å². The Hall–Kier alpha value is -1.10. The van der Waals surface area contributed by atoms with Gasteiger partial charge in [0.25, 0.3) is 0 Å². The summed E-state index contributed by atoms with van der Waals surface area (Å²) in [4.78, 5) is 24.5. The summed E-state index contributed by atoms with van der Waals surface area (Å²) in [6.45, 7) is 2.93. The number of hydrogen-bond acceptors (Lipinski definition) is 3. The van der Waals surface area contributed by atoms with Gasteiger partial charge in [-0.05, 0) is 19.8 Å². The third kappa shape index (κ3) is 5.17. The van der Waals surface area contributed by atoms with E-state index in [0.717, 1.165) is 12.8 Å². The van der Waals surface area contributed by atoms with E-state index in [1.54, 1.807) is 7.05 Å². The van der Waals surface area contributed by atoms with E-state index in [2.05, 4.69) is 10.6 Å². The minimum atomic E-state index is -0.107.